The molecular weight excluding hydrogens is 274 g/mol. The summed E-state index contributed by atoms with van der Waals surface area (Å²) >= 11 is 1.89. The van der Waals surface area contributed by atoms with Gasteiger partial charge in [-0.1, -0.05) is 13.8 Å². The number of methoxy groups -OCH3 is 1. The molecule has 4 nitrogen and oxygen atoms in total. The Labute approximate surface area is 127 Å². The van der Waals surface area contributed by atoms with E-state index in [1.54, 1.807) is 0 Å². The minimum absolute atomic E-state index is 0.171. The lowest BCUT2D eigenvalue weighted by molar-refractivity contribution is -0.148. The van der Waals surface area contributed by atoms with E-state index in [1.165, 1.54) is 20.0 Å². The van der Waals surface area contributed by atoms with Crippen LogP contribution >= 0.6 is 11.8 Å². The second-order valence-electron chi connectivity index (χ2n) is 5.73. The molecule has 0 aromatic carbocycles. The first-order valence-electron chi connectivity index (χ1n) is 7.58. The van der Waals surface area contributed by atoms with E-state index in [0.29, 0.717) is 11.4 Å². The number of carbonyl (C=O) groups excluding carboxylic acids is 1. The molecule has 0 aromatic heterocycles. The van der Waals surface area contributed by atoms with E-state index >= 15 is 0 Å². The molecule has 1 heterocycles. The smallest absolute Gasteiger partial charge is 0.325 e. The Bertz CT molecular complexity index is 295. The first kappa shape index (κ1) is 17.8. The summed E-state index contributed by atoms with van der Waals surface area (Å²) in [7, 11) is 1.46. The first-order valence-corrected chi connectivity index (χ1v) is 8.63. The predicted molar refractivity (Wildman–Crippen MR) is 84.2 cm³/mol. The van der Waals surface area contributed by atoms with Crippen LogP contribution in [-0.2, 0) is 14.3 Å². The zero-order valence-electron chi connectivity index (χ0n) is 13.2. The number of rotatable bonds is 9. The van der Waals surface area contributed by atoms with Crippen LogP contribution in [0.2, 0.25) is 0 Å². The molecule has 0 aromatic rings. The first-order chi connectivity index (χ1) is 9.51. The highest BCUT2D eigenvalue weighted by Gasteiger charge is 2.35. The van der Waals surface area contributed by atoms with Gasteiger partial charge in [-0.2, -0.15) is 11.8 Å². The van der Waals surface area contributed by atoms with Crippen molar-refractivity contribution in [2.24, 2.45) is 0 Å². The van der Waals surface area contributed by atoms with Crippen molar-refractivity contribution in [3.8, 4) is 0 Å². The zero-order chi connectivity index (χ0) is 15.0. The van der Waals surface area contributed by atoms with Gasteiger partial charge in [-0.15, -0.1) is 0 Å². The fourth-order valence-electron chi connectivity index (χ4n) is 2.54. The average molecular weight is 303 g/mol. The fourth-order valence-corrected chi connectivity index (χ4v) is 3.79. The lowest BCUT2D eigenvalue weighted by atomic mass is 9.96. The molecule has 0 radical (unpaired) electrons. The van der Waals surface area contributed by atoms with Crippen molar-refractivity contribution in [3.63, 3.8) is 0 Å². The van der Waals surface area contributed by atoms with Crippen LogP contribution in [0, 0.1) is 0 Å². The zero-order valence-corrected chi connectivity index (χ0v) is 14.1. The van der Waals surface area contributed by atoms with Crippen LogP contribution in [0.25, 0.3) is 0 Å². The van der Waals surface area contributed by atoms with Crippen LogP contribution in [0.15, 0.2) is 0 Å². The Morgan fingerprint density at radius 3 is 2.90 bits per heavy atom. The summed E-state index contributed by atoms with van der Waals surface area (Å²) in [6, 6.07) is 0. The largest absolute Gasteiger partial charge is 0.468 e. The van der Waals surface area contributed by atoms with Crippen LogP contribution in [0.4, 0.5) is 0 Å². The van der Waals surface area contributed by atoms with E-state index in [-0.39, 0.29) is 5.97 Å². The van der Waals surface area contributed by atoms with E-state index in [9.17, 15) is 4.79 Å². The Kier molecular flexibility index (Phi) is 7.92. The molecule has 1 N–H and O–H groups in total. The van der Waals surface area contributed by atoms with Gasteiger partial charge in [0.25, 0.3) is 0 Å². The van der Waals surface area contributed by atoms with Crippen LogP contribution in [0.5, 0.6) is 0 Å². The molecule has 0 saturated carbocycles. The van der Waals surface area contributed by atoms with Crippen molar-refractivity contribution in [2.45, 2.75) is 63.3 Å². The van der Waals surface area contributed by atoms with Crippen molar-refractivity contribution in [3.05, 3.63) is 0 Å². The third kappa shape index (κ3) is 5.62. The molecule has 20 heavy (non-hydrogen) atoms. The predicted octanol–water partition coefficient (Wildman–Crippen LogP) is 2.61. The highest BCUT2D eigenvalue weighted by Crippen LogP contribution is 2.26. The summed E-state index contributed by atoms with van der Waals surface area (Å²) in [4.78, 5) is 12.0. The highest BCUT2D eigenvalue weighted by molar-refractivity contribution is 7.99. The Morgan fingerprint density at radius 2 is 2.35 bits per heavy atom. The molecule has 0 amide bonds. The van der Waals surface area contributed by atoms with Crippen molar-refractivity contribution in [1.82, 2.24) is 5.32 Å². The number of ether oxygens (including phenoxy) is 2. The van der Waals surface area contributed by atoms with Gasteiger partial charge in [-0.3, -0.25) is 4.79 Å². The second-order valence-corrected chi connectivity index (χ2v) is 7.20. The molecule has 1 rings (SSSR count). The number of hydrogen-bond donors (Lipinski definition) is 1. The molecule has 3 unspecified atom stereocenters. The van der Waals surface area contributed by atoms with Gasteiger partial charge in [0.2, 0.25) is 0 Å². The van der Waals surface area contributed by atoms with Gasteiger partial charge in [0, 0.05) is 17.6 Å². The van der Waals surface area contributed by atoms with Gasteiger partial charge in [0.1, 0.15) is 5.54 Å². The van der Waals surface area contributed by atoms with E-state index in [4.69, 9.17) is 9.47 Å². The minimum Gasteiger partial charge on any atom is -0.468 e. The SMILES string of the molecule is CCCNC(C)(CC(C)SCC1CCCO1)C(=O)OC. The molecule has 0 aliphatic carbocycles. The van der Waals surface area contributed by atoms with Crippen molar-refractivity contribution in [2.75, 3.05) is 26.0 Å². The Morgan fingerprint density at radius 1 is 1.60 bits per heavy atom. The van der Waals surface area contributed by atoms with Crippen molar-refractivity contribution in [1.29, 1.82) is 0 Å². The van der Waals surface area contributed by atoms with E-state index in [1.807, 2.05) is 18.7 Å². The maximum absolute atomic E-state index is 12.0. The number of hydrogen-bond acceptors (Lipinski definition) is 5. The number of esters is 1. The second kappa shape index (κ2) is 8.90. The van der Waals surface area contributed by atoms with Crippen LogP contribution in [0.1, 0.15) is 46.5 Å². The van der Waals surface area contributed by atoms with Gasteiger partial charge in [0.05, 0.1) is 13.2 Å². The minimum atomic E-state index is -0.590. The third-order valence-electron chi connectivity index (χ3n) is 3.69. The Hall–Kier alpha value is -0.260. The van der Waals surface area contributed by atoms with Gasteiger partial charge < -0.3 is 14.8 Å². The molecule has 0 bridgehead atoms. The van der Waals surface area contributed by atoms with Gasteiger partial charge >= 0.3 is 5.97 Å². The standard InChI is InChI=1S/C15H29NO3S/c1-5-8-16-15(3,14(17)18-4)10-12(2)20-11-13-7-6-9-19-13/h12-13,16H,5-11H2,1-4H3. The fraction of sp³-hybridized carbons (Fsp3) is 0.933. The maximum Gasteiger partial charge on any atom is 0.325 e. The van der Waals surface area contributed by atoms with Gasteiger partial charge in [-0.25, -0.2) is 0 Å². The number of nitrogens with one attached hydrogen (secondary N) is 1. The van der Waals surface area contributed by atoms with Crippen LogP contribution in [-0.4, -0.2) is 48.9 Å². The lowest BCUT2D eigenvalue weighted by Crippen LogP contribution is -2.52. The van der Waals surface area contributed by atoms with Crippen LogP contribution < -0.4 is 5.32 Å². The van der Waals surface area contributed by atoms with Crippen molar-refractivity contribution >= 4 is 17.7 Å². The van der Waals surface area contributed by atoms with E-state index in [2.05, 4.69) is 19.2 Å². The molecular formula is C15H29NO3S. The molecule has 1 saturated heterocycles. The number of carbonyl (C=O) groups is 1. The highest BCUT2D eigenvalue weighted by atomic mass is 32.2. The van der Waals surface area contributed by atoms with Gasteiger partial charge in [0.15, 0.2) is 0 Å². The molecule has 118 valence electrons. The third-order valence-corrected chi connectivity index (χ3v) is 4.99. The molecule has 1 aliphatic heterocycles. The van der Waals surface area contributed by atoms with E-state index < -0.39 is 5.54 Å². The maximum atomic E-state index is 12.0. The summed E-state index contributed by atoms with van der Waals surface area (Å²) in [6.07, 6.45) is 4.52. The molecule has 1 aliphatic rings. The molecule has 0 spiro atoms. The lowest BCUT2D eigenvalue weighted by Gasteiger charge is -2.30. The molecule has 5 heteroatoms. The summed E-state index contributed by atoms with van der Waals surface area (Å²) in [5.41, 5.74) is -0.590. The normalized spacial score (nSPS) is 23.3. The molecule has 1 fully saturated rings. The molecule has 3 atom stereocenters. The Balaban J connectivity index is 2.43. The summed E-state index contributed by atoms with van der Waals surface area (Å²) in [5.74, 6) is 0.849. The quantitative estimate of drug-likeness (QED) is 0.664. The van der Waals surface area contributed by atoms with E-state index in [0.717, 1.165) is 31.7 Å². The average Bonchev–Trinajstić information content (AvgIpc) is 2.95. The van der Waals surface area contributed by atoms with Crippen molar-refractivity contribution < 1.29 is 14.3 Å². The van der Waals surface area contributed by atoms with Gasteiger partial charge in [-0.05, 0) is 39.2 Å². The van der Waals surface area contributed by atoms with Crippen LogP contribution in [0.3, 0.4) is 0 Å². The summed E-state index contributed by atoms with van der Waals surface area (Å²) in [6.45, 7) is 7.94. The topological polar surface area (TPSA) is 47.6 Å². The summed E-state index contributed by atoms with van der Waals surface area (Å²) in [5, 5.41) is 3.73. The monoisotopic (exact) mass is 303 g/mol. The summed E-state index contributed by atoms with van der Waals surface area (Å²) < 4.78 is 10.6. The number of thioether (sulfide) groups is 1.